The van der Waals surface area contributed by atoms with Gasteiger partial charge in [0.2, 0.25) is 5.91 Å². The van der Waals surface area contributed by atoms with Crippen molar-refractivity contribution in [3.05, 3.63) is 24.0 Å². The predicted octanol–water partition coefficient (Wildman–Crippen LogP) is 0.696. The zero-order valence-corrected chi connectivity index (χ0v) is 11.7. The van der Waals surface area contributed by atoms with Crippen LogP contribution in [-0.4, -0.2) is 30.0 Å². The monoisotopic (exact) mass is 287 g/mol. The molecule has 0 saturated carbocycles. The smallest absolute Gasteiger partial charge is 0.307 e. The molecular formula is C12H18ClN3O3. The Morgan fingerprint density at radius 2 is 2.16 bits per heavy atom. The van der Waals surface area contributed by atoms with Crippen molar-refractivity contribution in [1.82, 2.24) is 10.3 Å². The molecule has 19 heavy (non-hydrogen) atoms. The molecule has 1 amide bonds. The summed E-state index contributed by atoms with van der Waals surface area (Å²) in [5.74, 6) is -0.544. The van der Waals surface area contributed by atoms with Crippen LogP contribution < -0.4 is 11.1 Å². The number of nitrogens with zero attached hydrogens (tertiary/aromatic N) is 1. The molecule has 1 atom stereocenters. The van der Waals surface area contributed by atoms with E-state index in [4.69, 9.17) is 5.73 Å². The zero-order chi connectivity index (χ0) is 13.5. The highest BCUT2D eigenvalue weighted by Gasteiger charge is 2.12. The van der Waals surface area contributed by atoms with Gasteiger partial charge in [0.15, 0.2) is 0 Å². The lowest BCUT2D eigenvalue weighted by molar-refractivity contribution is -0.141. The number of aromatic nitrogens is 1. The first kappa shape index (κ1) is 17.2. The van der Waals surface area contributed by atoms with Crippen LogP contribution in [0.4, 0.5) is 5.69 Å². The standard InChI is InChI=1S/C12H17N3O3.ClH/c1-8(5-12(17)18-2)15-11(16)6-10-4-3-9(13)7-14-10;/h3-4,7-8H,5-6,13H2,1-2H3,(H,15,16);1H. The average molecular weight is 288 g/mol. The SMILES string of the molecule is COC(=O)CC(C)NC(=O)Cc1ccc(N)cn1.Cl. The molecule has 7 heteroatoms. The first-order valence-corrected chi connectivity index (χ1v) is 5.58. The van der Waals surface area contributed by atoms with Crippen LogP contribution in [0.3, 0.4) is 0 Å². The molecule has 0 aliphatic rings. The number of nitrogen functional groups attached to an aromatic ring is 1. The first-order valence-electron chi connectivity index (χ1n) is 5.58. The second-order valence-corrected chi connectivity index (χ2v) is 4.01. The molecule has 0 fully saturated rings. The molecule has 0 aliphatic heterocycles. The minimum absolute atomic E-state index is 0. The summed E-state index contributed by atoms with van der Waals surface area (Å²) in [7, 11) is 1.31. The normalized spacial score (nSPS) is 11.1. The molecule has 1 rings (SSSR count). The number of carbonyl (C=O) groups excluding carboxylic acids is 2. The third-order valence-electron chi connectivity index (χ3n) is 2.30. The van der Waals surface area contributed by atoms with Gasteiger partial charge in [-0.3, -0.25) is 14.6 Å². The van der Waals surface area contributed by atoms with Crippen molar-refractivity contribution in [1.29, 1.82) is 0 Å². The van der Waals surface area contributed by atoms with Crippen LogP contribution in [-0.2, 0) is 20.7 Å². The van der Waals surface area contributed by atoms with Gasteiger partial charge < -0.3 is 15.8 Å². The van der Waals surface area contributed by atoms with Crippen molar-refractivity contribution < 1.29 is 14.3 Å². The maximum Gasteiger partial charge on any atom is 0.307 e. The molecule has 0 aromatic carbocycles. The minimum atomic E-state index is -0.353. The Labute approximate surface area is 118 Å². The molecule has 3 N–H and O–H groups in total. The fourth-order valence-corrected chi connectivity index (χ4v) is 1.42. The highest BCUT2D eigenvalue weighted by Crippen LogP contribution is 2.02. The van der Waals surface area contributed by atoms with Crippen molar-refractivity contribution in [3.63, 3.8) is 0 Å². The Hall–Kier alpha value is -1.82. The van der Waals surface area contributed by atoms with E-state index in [0.29, 0.717) is 11.4 Å². The highest BCUT2D eigenvalue weighted by molar-refractivity contribution is 5.85. The maximum atomic E-state index is 11.6. The van der Waals surface area contributed by atoms with Crippen LogP contribution in [0.15, 0.2) is 18.3 Å². The van der Waals surface area contributed by atoms with Gasteiger partial charge in [0, 0.05) is 11.7 Å². The number of ether oxygens (including phenoxy) is 1. The number of pyridine rings is 1. The number of rotatable bonds is 5. The summed E-state index contributed by atoms with van der Waals surface area (Å²) in [6.07, 6.45) is 1.81. The van der Waals surface area contributed by atoms with Gasteiger partial charge in [-0.05, 0) is 19.1 Å². The van der Waals surface area contributed by atoms with E-state index in [2.05, 4.69) is 15.0 Å². The third kappa shape index (κ3) is 6.61. The molecule has 6 nitrogen and oxygen atoms in total. The van der Waals surface area contributed by atoms with Crippen LogP contribution in [0.25, 0.3) is 0 Å². The molecule has 1 unspecified atom stereocenters. The molecule has 106 valence electrons. The van der Waals surface area contributed by atoms with E-state index in [-0.39, 0.29) is 43.2 Å². The summed E-state index contributed by atoms with van der Waals surface area (Å²) in [6, 6.07) is 3.12. The predicted molar refractivity (Wildman–Crippen MR) is 73.8 cm³/mol. The van der Waals surface area contributed by atoms with Crippen molar-refractivity contribution in [2.75, 3.05) is 12.8 Å². The van der Waals surface area contributed by atoms with Crippen LogP contribution in [0.5, 0.6) is 0 Å². The maximum absolute atomic E-state index is 11.6. The van der Waals surface area contributed by atoms with Gasteiger partial charge in [0.1, 0.15) is 0 Å². The van der Waals surface area contributed by atoms with Gasteiger partial charge in [-0.2, -0.15) is 0 Å². The zero-order valence-electron chi connectivity index (χ0n) is 10.9. The molecule has 0 saturated heterocycles. The molecule has 1 heterocycles. The number of halogens is 1. The van der Waals surface area contributed by atoms with E-state index in [0.717, 1.165) is 0 Å². The fourth-order valence-electron chi connectivity index (χ4n) is 1.42. The number of carbonyl (C=O) groups is 2. The number of hydrogen-bond acceptors (Lipinski definition) is 5. The van der Waals surface area contributed by atoms with E-state index in [1.165, 1.54) is 13.3 Å². The molecule has 0 spiro atoms. The molecule has 0 bridgehead atoms. The van der Waals surface area contributed by atoms with Crippen LogP contribution in [0.1, 0.15) is 19.0 Å². The van der Waals surface area contributed by atoms with E-state index in [1.54, 1.807) is 19.1 Å². The third-order valence-corrected chi connectivity index (χ3v) is 2.30. The summed E-state index contributed by atoms with van der Waals surface area (Å²) < 4.78 is 4.52. The van der Waals surface area contributed by atoms with Gasteiger partial charge in [-0.1, -0.05) is 0 Å². The molecule has 1 aromatic heterocycles. The summed E-state index contributed by atoms with van der Waals surface area (Å²) in [6.45, 7) is 1.74. The molecule has 0 aliphatic carbocycles. The summed E-state index contributed by atoms with van der Waals surface area (Å²) in [5.41, 5.74) is 6.68. The van der Waals surface area contributed by atoms with Crippen molar-refractivity contribution in [2.24, 2.45) is 0 Å². The van der Waals surface area contributed by atoms with E-state index < -0.39 is 0 Å². The average Bonchev–Trinajstić information content (AvgIpc) is 2.31. The number of hydrogen-bond donors (Lipinski definition) is 2. The molecular weight excluding hydrogens is 270 g/mol. The summed E-state index contributed by atoms with van der Waals surface area (Å²) in [5, 5.41) is 2.70. The topological polar surface area (TPSA) is 94.3 Å². The van der Waals surface area contributed by atoms with Gasteiger partial charge in [0.05, 0.1) is 31.8 Å². The lowest BCUT2D eigenvalue weighted by atomic mass is 10.2. The number of amides is 1. The van der Waals surface area contributed by atoms with Crippen molar-refractivity contribution in [2.45, 2.75) is 25.8 Å². The number of nitrogens with one attached hydrogen (secondary N) is 1. The van der Waals surface area contributed by atoms with Crippen molar-refractivity contribution >= 4 is 30.0 Å². The highest BCUT2D eigenvalue weighted by atomic mass is 35.5. The van der Waals surface area contributed by atoms with Gasteiger partial charge in [0.25, 0.3) is 0 Å². The molecule has 0 radical (unpaired) electrons. The largest absolute Gasteiger partial charge is 0.469 e. The summed E-state index contributed by atoms with van der Waals surface area (Å²) >= 11 is 0. The lowest BCUT2D eigenvalue weighted by Gasteiger charge is -2.12. The Morgan fingerprint density at radius 3 is 2.68 bits per heavy atom. The minimum Gasteiger partial charge on any atom is -0.469 e. The second kappa shape index (κ2) is 8.31. The Morgan fingerprint density at radius 1 is 1.47 bits per heavy atom. The summed E-state index contributed by atoms with van der Waals surface area (Å²) in [4.78, 5) is 26.7. The van der Waals surface area contributed by atoms with E-state index >= 15 is 0 Å². The van der Waals surface area contributed by atoms with Gasteiger partial charge >= 0.3 is 5.97 Å². The van der Waals surface area contributed by atoms with Crippen LogP contribution in [0, 0.1) is 0 Å². The van der Waals surface area contributed by atoms with Crippen LogP contribution in [0.2, 0.25) is 0 Å². The number of anilines is 1. The number of methoxy groups -OCH3 is 1. The Kier molecular flexibility index (Phi) is 7.52. The molecule has 1 aromatic rings. The lowest BCUT2D eigenvalue weighted by Crippen LogP contribution is -2.35. The van der Waals surface area contributed by atoms with E-state index in [1.807, 2.05) is 0 Å². The van der Waals surface area contributed by atoms with Gasteiger partial charge in [-0.15, -0.1) is 12.4 Å². The van der Waals surface area contributed by atoms with Crippen molar-refractivity contribution in [3.8, 4) is 0 Å². The quantitative estimate of drug-likeness (QED) is 0.777. The Balaban J connectivity index is 0.00000324. The Bertz CT molecular complexity index is 423. The number of esters is 1. The number of nitrogens with two attached hydrogens (primary N) is 1. The fraction of sp³-hybridized carbons (Fsp3) is 0.417. The van der Waals surface area contributed by atoms with E-state index in [9.17, 15) is 9.59 Å². The van der Waals surface area contributed by atoms with Gasteiger partial charge in [-0.25, -0.2) is 0 Å². The van der Waals surface area contributed by atoms with Crippen LogP contribution >= 0.6 is 12.4 Å². The second-order valence-electron chi connectivity index (χ2n) is 4.01. The first-order chi connectivity index (χ1) is 8.51.